The Hall–Kier alpha value is -1.30. The lowest BCUT2D eigenvalue weighted by Gasteiger charge is -2.21. The van der Waals surface area contributed by atoms with Gasteiger partial charge in [0.2, 0.25) is 0 Å². The third-order valence-electron chi connectivity index (χ3n) is 3.20. The lowest BCUT2D eigenvalue weighted by atomic mass is 10.0. The van der Waals surface area contributed by atoms with Crippen molar-refractivity contribution in [2.24, 2.45) is 5.92 Å². The number of aliphatic carboxylic acids is 1. The van der Waals surface area contributed by atoms with Gasteiger partial charge >= 0.3 is 12.0 Å². The smallest absolute Gasteiger partial charge is 0.315 e. The number of carboxylic acid groups (broad SMARTS) is 1. The Morgan fingerprint density at radius 3 is 2.67 bits per heavy atom. The molecule has 3 unspecified atom stereocenters. The van der Waals surface area contributed by atoms with Crippen LogP contribution in [-0.4, -0.2) is 42.4 Å². The van der Waals surface area contributed by atoms with Crippen molar-refractivity contribution in [2.45, 2.75) is 45.2 Å². The molecular formula is C12H22N2O4. The Labute approximate surface area is 107 Å². The van der Waals surface area contributed by atoms with E-state index < -0.39 is 5.97 Å². The number of carbonyl (C=O) groups excluding carboxylic acids is 1. The molecular weight excluding hydrogens is 236 g/mol. The molecule has 0 saturated carbocycles. The molecule has 0 aliphatic carbocycles. The summed E-state index contributed by atoms with van der Waals surface area (Å²) in [6, 6.07) is -0.320. The first-order valence-corrected chi connectivity index (χ1v) is 6.35. The zero-order valence-electron chi connectivity index (χ0n) is 10.9. The van der Waals surface area contributed by atoms with Crippen LogP contribution in [0.2, 0.25) is 0 Å². The summed E-state index contributed by atoms with van der Waals surface area (Å²) in [4.78, 5) is 22.1. The first-order valence-electron chi connectivity index (χ1n) is 6.35. The van der Waals surface area contributed by atoms with Crippen molar-refractivity contribution in [2.75, 3.05) is 13.2 Å². The molecule has 1 saturated heterocycles. The van der Waals surface area contributed by atoms with Crippen LogP contribution in [0.15, 0.2) is 0 Å². The molecule has 1 aliphatic rings. The molecule has 0 bridgehead atoms. The molecule has 1 rings (SSSR count). The highest BCUT2D eigenvalue weighted by molar-refractivity contribution is 5.74. The normalized spacial score (nSPS) is 22.2. The third-order valence-corrected chi connectivity index (χ3v) is 3.20. The molecule has 6 heteroatoms. The minimum atomic E-state index is -0.847. The van der Waals surface area contributed by atoms with E-state index in [9.17, 15) is 9.59 Å². The average molecular weight is 258 g/mol. The van der Waals surface area contributed by atoms with E-state index in [2.05, 4.69) is 10.6 Å². The summed E-state index contributed by atoms with van der Waals surface area (Å²) >= 11 is 0. The molecule has 6 nitrogen and oxygen atoms in total. The number of carbonyl (C=O) groups is 2. The molecule has 3 atom stereocenters. The van der Waals surface area contributed by atoms with E-state index in [4.69, 9.17) is 9.84 Å². The van der Waals surface area contributed by atoms with Crippen LogP contribution in [0.4, 0.5) is 4.79 Å². The highest BCUT2D eigenvalue weighted by Crippen LogP contribution is 2.16. The van der Waals surface area contributed by atoms with Crippen LogP contribution < -0.4 is 10.6 Å². The van der Waals surface area contributed by atoms with E-state index in [1.54, 1.807) is 6.92 Å². The van der Waals surface area contributed by atoms with Crippen molar-refractivity contribution in [1.29, 1.82) is 0 Å². The van der Waals surface area contributed by atoms with Gasteiger partial charge in [0.05, 0.1) is 6.61 Å². The van der Waals surface area contributed by atoms with Crippen LogP contribution in [0, 0.1) is 5.92 Å². The Bertz CT molecular complexity index is 290. The van der Waals surface area contributed by atoms with E-state index >= 15 is 0 Å². The third kappa shape index (κ3) is 5.35. The number of hydrogen-bond donors (Lipinski definition) is 3. The minimum Gasteiger partial charge on any atom is -0.481 e. The first-order chi connectivity index (χ1) is 8.49. The van der Waals surface area contributed by atoms with E-state index in [0.29, 0.717) is 18.9 Å². The second kappa shape index (κ2) is 7.20. The number of amides is 2. The zero-order valence-corrected chi connectivity index (χ0v) is 10.9. The van der Waals surface area contributed by atoms with Gasteiger partial charge in [-0.2, -0.15) is 0 Å². The van der Waals surface area contributed by atoms with Gasteiger partial charge in [-0.3, -0.25) is 4.79 Å². The Morgan fingerprint density at radius 2 is 2.11 bits per heavy atom. The van der Waals surface area contributed by atoms with Crippen molar-refractivity contribution < 1.29 is 19.4 Å². The zero-order chi connectivity index (χ0) is 13.5. The molecule has 0 spiro atoms. The van der Waals surface area contributed by atoms with Crippen LogP contribution in [0.1, 0.15) is 33.1 Å². The predicted molar refractivity (Wildman–Crippen MR) is 66.4 cm³/mol. The maximum Gasteiger partial charge on any atom is 0.315 e. The number of rotatable bonds is 6. The van der Waals surface area contributed by atoms with Crippen molar-refractivity contribution >= 4 is 12.0 Å². The van der Waals surface area contributed by atoms with Crippen LogP contribution in [-0.2, 0) is 9.53 Å². The van der Waals surface area contributed by atoms with Crippen LogP contribution in [0.5, 0.6) is 0 Å². The van der Waals surface area contributed by atoms with E-state index in [1.807, 2.05) is 6.92 Å². The fourth-order valence-electron chi connectivity index (χ4n) is 1.95. The van der Waals surface area contributed by atoms with Gasteiger partial charge < -0.3 is 20.5 Å². The van der Waals surface area contributed by atoms with Crippen molar-refractivity contribution in [1.82, 2.24) is 10.6 Å². The van der Waals surface area contributed by atoms with Gasteiger partial charge in [-0.15, -0.1) is 0 Å². The summed E-state index contributed by atoms with van der Waals surface area (Å²) < 4.78 is 5.27. The molecule has 104 valence electrons. The lowest BCUT2D eigenvalue weighted by molar-refractivity contribution is -0.137. The fourth-order valence-corrected chi connectivity index (χ4v) is 1.95. The maximum atomic E-state index is 11.7. The lowest BCUT2D eigenvalue weighted by Crippen LogP contribution is -2.47. The molecule has 1 fully saturated rings. The minimum absolute atomic E-state index is 0.0630. The SMILES string of the molecule is CC(CCC(=O)O)NC(=O)NC(C)C1CCOC1. The first kappa shape index (κ1) is 14.8. The summed E-state index contributed by atoms with van der Waals surface area (Å²) in [5, 5.41) is 14.1. The van der Waals surface area contributed by atoms with Gasteiger partial charge in [-0.05, 0) is 26.7 Å². The second-order valence-electron chi connectivity index (χ2n) is 4.86. The van der Waals surface area contributed by atoms with Crippen molar-refractivity contribution in [3.05, 3.63) is 0 Å². The van der Waals surface area contributed by atoms with Crippen molar-refractivity contribution in [3.63, 3.8) is 0 Å². The second-order valence-corrected chi connectivity index (χ2v) is 4.86. The molecule has 0 aromatic heterocycles. The van der Waals surface area contributed by atoms with Crippen molar-refractivity contribution in [3.8, 4) is 0 Å². The Kier molecular flexibility index (Phi) is 5.91. The Balaban J connectivity index is 2.21. The molecule has 3 N–H and O–H groups in total. The number of urea groups is 1. The molecule has 1 heterocycles. The van der Waals surface area contributed by atoms with E-state index in [-0.39, 0.29) is 24.5 Å². The van der Waals surface area contributed by atoms with Crippen LogP contribution in [0.3, 0.4) is 0 Å². The molecule has 18 heavy (non-hydrogen) atoms. The van der Waals surface area contributed by atoms with Crippen LogP contribution in [0.25, 0.3) is 0 Å². The standard InChI is InChI=1S/C12H22N2O4/c1-8(3-4-11(15)16)13-12(17)14-9(2)10-5-6-18-7-10/h8-10H,3-7H2,1-2H3,(H,15,16)(H2,13,14,17). The summed E-state index contributed by atoms with van der Waals surface area (Å²) in [5.41, 5.74) is 0. The molecule has 0 aromatic carbocycles. The summed E-state index contributed by atoms with van der Waals surface area (Å²) in [6.45, 7) is 5.20. The fraction of sp³-hybridized carbons (Fsp3) is 0.833. The molecule has 0 aromatic rings. The molecule has 2 amide bonds. The highest BCUT2D eigenvalue weighted by atomic mass is 16.5. The number of nitrogens with one attached hydrogen (secondary N) is 2. The highest BCUT2D eigenvalue weighted by Gasteiger charge is 2.23. The average Bonchev–Trinajstić information content (AvgIpc) is 2.79. The maximum absolute atomic E-state index is 11.7. The Morgan fingerprint density at radius 1 is 1.39 bits per heavy atom. The van der Waals surface area contributed by atoms with Gasteiger partial charge in [-0.25, -0.2) is 4.79 Å². The van der Waals surface area contributed by atoms with Gasteiger partial charge in [0.1, 0.15) is 0 Å². The monoisotopic (exact) mass is 258 g/mol. The van der Waals surface area contributed by atoms with Gasteiger partial charge in [0.15, 0.2) is 0 Å². The summed E-state index contributed by atoms with van der Waals surface area (Å²) in [7, 11) is 0. The quantitative estimate of drug-likeness (QED) is 0.662. The van der Waals surface area contributed by atoms with Crippen LogP contribution >= 0.6 is 0 Å². The number of hydrogen-bond acceptors (Lipinski definition) is 3. The van der Waals surface area contributed by atoms with Gasteiger partial charge in [0, 0.05) is 31.0 Å². The summed E-state index contributed by atoms with van der Waals surface area (Å²) in [5.74, 6) is -0.481. The summed E-state index contributed by atoms with van der Waals surface area (Å²) in [6.07, 6.45) is 1.47. The largest absolute Gasteiger partial charge is 0.481 e. The van der Waals surface area contributed by atoms with E-state index in [0.717, 1.165) is 13.0 Å². The molecule has 0 radical (unpaired) electrons. The number of carboxylic acids is 1. The predicted octanol–water partition coefficient (Wildman–Crippen LogP) is 0.964. The van der Waals surface area contributed by atoms with Gasteiger partial charge in [0.25, 0.3) is 0 Å². The molecule has 1 aliphatic heterocycles. The van der Waals surface area contributed by atoms with E-state index in [1.165, 1.54) is 0 Å². The van der Waals surface area contributed by atoms with Gasteiger partial charge in [-0.1, -0.05) is 0 Å². The number of ether oxygens (including phenoxy) is 1. The topological polar surface area (TPSA) is 87.7 Å².